The molecule has 0 unspecified atom stereocenters. The summed E-state index contributed by atoms with van der Waals surface area (Å²) in [5.74, 6) is -2.01. The molecule has 0 aliphatic rings. The highest BCUT2D eigenvalue weighted by atomic mass is 32.2. The third kappa shape index (κ3) is 5.87. The Balaban J connectivity index is 1.80. The third-order valence-corrected chi connectivity index (χ3v) is 4.66. The zero-order valence-corrected chi connectivity index (χ0v) is 16.3. The van der Waals surface area contributed by atoms with Crippen LogP contribution < -0.4 is 10.2 Å². The molecule has 0 aliphatic carbocycles. The van der Waals surface area contributed by atoms with Crippen LogP contribution in [0, 0.1) is 0 Å². The number of alkyl halides is 6. The van der Waals surface area contributed by atoms with E-state index in [-0.39, 0.29) is 29.7 Å². The van der Waals surface area contributed by atoms with Crippen molar-refractivity contribution < 1.29 is 40.3 Å². The van der Waals surface area contributed by atoms with Gasteiger partial charge in [0.2, 0.25) is 11.2 Å². The highest BCUT2D eigenvalue weighted by Crippen LogP contribution is 2.36. The van der Waals surface area contributed by atoms with Gasteiger partial charge in [0, 0.05) is 18.5 Å². The van der Waals surface area contributed by atoms with Crippen LogP contribution in [0.25, 0.3) is 0 Å². The minimum Gasteiger partial charge on any atom is -0.464 e. The number of rotatable bonds is 5. The van der Waals surface area contributed by atoms with Gasteiger partial charge < -0.3 is 9.15 Å². The molecule has 0 aliphatic heterocycles. The Morgan fingerprint density at radius 3 is 2.09 bits per heavy atom. The van der Waals surface area contributed by atoms with Crippen molar-refractivity contribution in [1.82, 2.24) is 9.97 Å². The Bertz CT molecular complexity index is 1150. The molecule has 0 saturated carbocycles. The molecule has 0 amide bonds. The van der Waals surface area contributed by atoms with Gasteiger partial charge in [-0.15, -0.1) is 0 Å². The number of aromatic nitrogens is 2. The Kier molecular flexibility index (Phi) is 6.57. The number of hydrogen-bond donors (Lipinski definition) is 0. The van der Waals surface area contributed by atoms with E-state index in [4.69, 9.17) is 4.42 Å². The summed E-state index contributed by atoms with van der Waals surface area (Å²) >= 11 is 1.13. The zero-order valence-electron chi connectivity index (χ0n) is 15.5. The molecular weight excluding hydrogens is 466 g/mol. The monoisotopic (exact) mass is 476 g/mol. The van der Waals surface area contributed by atoms with Crippen molar-refractivity contribution in [2.24, 2.45) is 0 Å². The lowest BCUT2D eigenvalue weighted by molar-refractivity contribution is -0.143. The highest BCUT2D eigenvalue weighted by molar-refractivity contribution is 7.98. The fourth-order valence-corrected chi connectivity index (χ4v) is 3.01. The largest absolute Gasteiger partial charge is 0.464 e. The summed E-state index contributed by atoms with van der Waals surface area (Å²) in [7, 11) is 0. The second-order valence-corrected chi connectivity index (χ2v) is 7.02. The van der Waals surface area contributed by atoms with Crippen LogP contribution in [0.5, 0.6) is 5.75 Å². The maximum absolute atomic E-state index is 12.9. The van der Waals surface area contributed by atoms with Crippen LogP contribution in [0.1, 0.15) is 27.2 Å². The summed E-state index contributed by atoms with van der Waals surface area (Å²) in [6, 6.07) is 2.84. The number of carbonyl (C=O) groups excluding carboxylic acids is 1. The normalized spacial score (nSPS) is 11.9. The maximum Gasteiger partial charge on any atom is 0.416 e. The Morgan fingerprint density at radius 2 is 1.56 bits per heavy atom. The number of nitrogens with zero attached hydrogens (tertiary/aromatic N) is 2. The van der Waals surface area contributed by atoms with Crippen molar-refractivity contribution >= 4 is 17.7 Å². The van der Waals surface area contributed by atoms with Crippen LogP contribution in [-0.2, 0) is 18.1 Å². The average Bonchev–Trinajstić information content (AvgIpc) is 2.73. The van der Waals surface area contributed by atoms with E-state index in [1.807, 2.05) is 0 Å². The lowest BCUT2D eigenvalue weighted by Gasteiger charge is -2.13. The molecule has 168 valence electrons. The SMILES string of the molecule is O=C(Oc1coc(CSc2ncccn2)cc1=O)c1cc(C(F)(F)F)cc(C(F)(F)F)c1. The summed E-state index contributed by atoms with van der Waals surface area (Å²) in [5.41, 5.74) is -5.28. The average molecular weight is 476 g/mol. The molecule has 0 atom stereocenters. The molecule has 13 heteroatoms. The zero-order chi connectivity index (χ0) is 23.5. The summed E-state index contributed by atoms with van der Waals surface area (Å²) in [6.45, 7) is 0. The lowest BCUT2D eigenvalue weighted by atomic mass is 10.0. The van der Waals surface area contributed by atoms with Gasteiger partial charge >= 0.3 is 18.3 Å². The Hall–Kier alpha value is -3.35. The summed E-state index contributed by atoms with van der Waals surface area (Å²) in [6.07, 6.45) is -6.54. The van der Waals surface area contributed by atoms with Crippen LogP contribution >= 0.6 is 11.8 Å². The van der Waals surface area contributed by atoms with Crippen LogP contribution in [-0.4, -0.2) is 15.9 Å². The number of ether oxygens (including phenoxy) is 1. The van der Waals surface area contributed by atoms with E-state index in [9.17, 15) is 35.9 Å². The second-order valence-electron chi connectivity index (χ2n) is 6.08. The maximum atomic E-state index is 12.9. The topological polar surface area (TPSA) is 82.3 Å². The molecule has 3 rings (SSSR count). The van der Waals surface area contributed by atoms with Gasteiger partial charge in [-0.25, -0.2) is 14.8 Å². The third-order valence-electron chi connectivity index (χ3n) is 3.76. The molecule has 0 fully saturated rings. The van der Waals surface area contributed by atoms with E-state index in [0.717, 1.165) is 24.1 Å². The number of halogens is 6. The van der Waals surface area contributed by atoms with Crippen molar-refractivity contribution in [1.29, 1.82) is 0 Å². The van der Waals surface area contributed by atoms with Crippen LogP contribution in [0.2, 0.25) is 0 Å². The van der Waals surface area contributed by atoms with E-state index < -0.39 is 46.2 Å². The Morgan fingerprint density at radius 1 is 0.969 bits per heavy atom. The minimum atomic E-state index is -5.14. The first kappa shape index (κ1) is 23.3. The van der Waals surface area contributed by atoms with Crippen LogP contribution in [0.15, 0.2) is 63.4 Å². The number of hydrogen-bond acceptors (Lipinski definition) is 7. The van der Waals surface area contributed by atoms with Gasteiger partial charge in [-0.05, 0) is 24.3 Å². The van der Waals surface area contributed by atoms with Crippen LogP contribution in [0.3, 0.4) is 0 Å². The first-order valence-corrected chi connectivity index (χ1v) is 9.45. The molecule has 0 bridgehead atoms. The molecule has 1 aromatic carbocycles. The first-order chi connectivity index (χ1) is 14.9. The molecule has 2 heterocycles. The number of benzene rings is 1. The molecule has 0 saturated heterocycles. The van der Waals surface area contributed by atoms with Gasteiger partial charge in [0.05, 0.1) is 22.4 Å². The van der Waals surface area contributed by atoms with Gasteiger partial charge in [-0.2, -0.15) is 26.3 Å². The predicted octanol–water partition coefficient (Wildman–Crippen LogP) is 4.98. The molecule has 0 N–H and O–H groups in total. The molecule has 32 heavy (non-hydrogen) atoms. The minimum absolute atomic E-state index is 0.131. The fourth-order valence-electron chi connectivity index (χ4n) is 2.32. The fraction of sp³-hybridized carbons (Fsp3) is 0.158. The molecule has 2 aromatic heterocycles. The van der Waals surface area contributed by atoms with E-state index >= 15 is 0 Å². The standard InChI is InChI=1S/C19H10F6N2O4S/c20-18(21,22)11-4-10(5-12(6-11)19(23,24)25)16(29)31-15-8-30-13(7-14(15)28)9-32-17-26-2-1-3-27-17/h1-8H,9H2. The van der Waals surface area contributed by atoms with E-state index in [2.05, 4.69) is 14.7 Å². The molecule has 6 nitrogen and oxygen atoms in total. The van der Waals surface area contributed by atoms with Gasteiger partial charge in [-0.1, -0.05) is 11.8 Å². The highest BCUT2D eigenvalue weighted by Gasteiger charge is 2.37. The number of thioether (sulfide) groups is 1. The first-order valence-electron chi connectivity index (χ1n) is 8.46. The van der Waals surface area contributed by atoms with Crippen molar-refractivity contribution in [3.63, 3.8) is 0 Å². The second kappa shape index (κ2) is 9.02. The van der Waals surface area contributed by atoms with Crippen molar-refractivity contribution in [3.8, 4) is 5.75 Å². The van der Waals surface area contributed by atoms with E-state index in [1.54, 1.807) is 6.07 Å². The van der Waals surface area contributed by atoms with Crippen LogP contribution in [0.4, 0.5) is 26.3 Å². The summed E-state index contributed by atoms with van der Waals surface area (Å²) in [4.78, 5) is 32.2. The molecule has 0 radical (unpaired) electrons. The predicted molar refractivity (Wildman–Crippen MR) is 98.0 cm³/mol. The molecule has 0 spiro atoms. The number of esters is 1. The Labute approximate surface area is 179 Å². The molecular formula is C19H10F6N2O4S. The van der Waals surface area contributed by atoms with E-state index in [0.29, 0.717) is 5.16 Å². The smallest absolute Gasteiger partial charge is 0.416 e. The number of carbonyl (C=O) groups is 1. The quantitative estimate of drug-likeness (QED) is 0.222. The van der Waals surface area contributed by atoms with Gasteiger partial charge in [0.25, 0.3) is 0 Å². The van der Waals surface area contributed by atoms with Gasteiger partial charge in [0.15, 0.2) is 5.16 Å². The summed E-state index contributed by atoms with van der Waals surface area (Å²) in [5, 5.41) is 0.399. The van der Waals surface area contributed by atoms with Crippen molar-refractivity contribution in [3.05, 3.63) is 81.7 Å². The van der Waals surface area contributed by atoms with Gasteiger partial charge in [-0.3, -0.25) is 4.79 Å². The van der Waals surface area contributed by atoms with Gasteiger partial charge in [0.1, 0.15) is 12.0 Å². The van der Waals surface area contributed by atoms with E-state index in [1.165, 1.54) is 12.4 Å². The molecule has 3 aromatic rings. The lowest BCUT2D eigenvalue weighted by Crippen LogP contribution is -2.18. The van der Waals surface area contributed by atoms with Crippen molar-refractivity contribution in [2.75, 3.05) is 0 Å². The van der Waals surface area contributed by atoms with Crippen molar-refractivity contribution in [2.45, 2.75) is 23.3 Å². The summed E-state index contributed by atoms with van der Waals surface area (Å²) < 4.78 is 87.4.